The lowest BCUT2D eigenvalue weighted by atomic mass is 9.98. The molecule has 2 aromatic rings. The van der Waals surface area contributed by atoms with Gasteiger partial charge in [0, 0.05) is 18.4 Å². The van der Waals surface area contributed by atoms with Crippen molar-refractivity contribution in [2.24, 2.45) is 0 Å². The fourth-order valence-corrected chi connectivity index (χ4v) is 4.00. The number of carbonyl (C=O) groups excluding carboxylic acids is 2. The Morgan fingerprint density at radius 2 is 1.58 bits per heavy atom. The van der Waals surface area contributed by atoms with Crippen LogP contribution in [0.15, 0.2) is 60.2 Å². The number of allylic oxidation sites excluding steroid dienone is 1. The van der Waals surface area contributed by atoms with Gasteiger partial charge in [-0.3, -0.25) is 4.79 Å². The van der Waals surface area contributed by atoms with Gasteiger partial charge in [0.25, 0.3) is 0 Å². The number of carboxylic acids is 1. The highest BCUT2D eigenvalue weighted by atomic mass is 16.5. The number of carboxylic acid groups (broad SMARTS) is 1. The number of hydrogen-bond acceptors (Lipinski definition) is 4. The fraction of sp³-hybridized carbons (Fsp3) is 0.346. The third-order valence-corrected chi connectivity index (χ3v) is 5.59. The Balaban J connectivity index is 1.51. The third kappa shape index (κ3) is 6.22. The highest BCUT2D eigenvalue weighted by molar-refractivity contribution is 5.84. The second-order valence-corrected chi connectivity index (χ2v) is 8.55. The minimum Gasteiger partial charge on any atom is -0.480 e. The lowest BCUT2D eigenvalue weighted by Crippen LogP contribution is -2.44. The molecule has 2 aromatic carbocycles. The predicted molar refractivity (Wildman–Crippen MR) is 126 cm³/mol. The number of carbonyl (C=O) groups is 3. The summed E-state index contributed by atoms with van der Waals surface area (Å²) in [6.07, 6.45) is 1.30. The molecule has 174 valence electrons. The van der Waals surface area contributed by atoms with Crippen LogP contribution in [0.25, 0.3) is 11.1 Å². The highest BCUT2D eigenvalue weighted by Crippen LogP contribution is 2.44. The maximum atomic E-state index is 12.4. The highest BCUT2D eigenvalue weighted by Gasteiger charge is 2.29. The number of benzene rings is 2. The molecule has 7 heteroatoms. The van der Waals surface area contributed by atoms with Crippen LogP contribution in [0.3, 0.4) is 0 Å². The summed E-state index contributed by atoms with van der Waals surface area (Å²) in [4.78, 5) is 36.0. The maximum Gasteiger partial charge on any atom is 0.407 e. The van der Waals surface area contributed by atoms with Crippen LogP contribution in [0, 0.1) is 0 Å². The van der Waals surface area contributed by atoms with E-state index in [1.54, 1.807) is 13.0 Å². The molecule has 2 amide bonds. The van der Waals surface area contributed by atoms with E-state index in [-0.39, 0.29) is 25.4 Å². The van der Waals surface area contributed by atoms with Crippen molar-refractivity contribution < 1.29 is 24.2 Å². The van der Waals surface area contributed by atoms with Crippen LogP contribution in [-0.2, 0) is 14.3 Å². The molecule has 0 bridgehead atoms. The van der Waals surface area contributed by atoms with Crippen LogP contribution in [0.1, 0.15) is 50.7 Å². The van der Waals surface area contributed by atoms with E-state index < -0.39 is 30.1 Å². The Hall–Kier alpha value is -3.61. The van der Waals surface area contributed by atoms with Gasteiger partial charge < -0.3 is 20.5 Å². The summed E-state index contributed by atoms with van der Waals surface area (Å²) in [5, 5.41) is 14.4. The molecule has 0 heterocycles. The molecular formula is C26H30N2O5. The number of amides is 2. The minimum atomic E-state index is -1.10. The summed E-state index contributed by atoms with van der Waals surface area (Å²) < 4.78 is 5.49. The topological polar surface area (TPSA) is 105 Å². The van der Waals surface area contributed by atoms with E-state index in [1.165, 1.54) is 0 Å². The lowest BCUT2D eigenvalue weighted by Gasteiger charge is -2.18. The molecule has 2 atom stereocenters. The molecular weight excluding hydrogens is 420 g/mol. The number of ether oxygens (including phenoxy) is 1. The average Bonchev–Trinajstić information content (AvgIpc) is 3.08. The summed E-state index contributed by atoms with van der Waals surface area (Å²) >= 11 is 0. The van der Waals surface area contributed by atoms with Gasteiger partial charge in [0.15, 0.2) is 0 Å². The molecule has 3 N–H and O–H groups in total. The number of rotatable bonds is 9. The van der Waals surface area contributed by atoms with Gasteiger partial charge in [-0.2, -0.15) is 0 Å². The molecule has 1 aliphatic rings. The summed E-state index contributed by atoms with van der Waals surface area (Å²) in [6.45, 7) is 5.58. The van der Waals surface area contributed by atoms with Crippen LogP contribution in [0.5, 0.6) is 0 Å². The van der Waals surface area contributed by atoms with Gasteiger partial charge in [-0.05, 0) is 49.4 Å². The van der Waals surface area contributed by atoms with Crippen LogP contribution in [0.2, 0.25) is 0 Å². The molecule has 3 rings (SSSR count). The van der Waals surface area contributed by atoms with E-state index >= 15 is 0 Å². The van der Waals surface area contributed by atoms with Crippen molar-refractivity contribution in [2.45, 2.75) is 51.6 Å². The Morgan fingerprint density at radius 1 is 1.00 bits per heavy atom. The molecule has 7 nitrogen and oxygen atoms in total. The van der Waals surface area contributed by atoms with Gasteiger partial charge in [0.05, 0.1) is 0 Å². The molecule has 0 fully saturated rings. The van der Waals surface area contributed by atoms with Crippen LogP contribution >= 0.6 is 0 Å². The second kappa shape index (κ2) is 10.8. The van der Waals surface area contributed by atoms with Crippen molar-refractivity contribution in [1.82, 2.24) is 10.6 Å². The van der Waals surface area contributed by atoms with Crippen LogP contribution in [-0.4, -0.2) is 41.8 Å². The standard InChI is InChI=1S/C26H30N2O5/c1-16(2)12-13-23(25(30)31)28-24(29)14-17(3)27-26(32)33-15-22-20-10-6-4-8-18(20)19-9-5-7-11-21(19)22/h4-12,17,22-23H,13-15H2,1-3H3,(H,27,32)(H,28,29)(H,30,31). The van der Waals surface area contributed by atoms with Crippen molar-refractivity contribution in [3.05, 3.63) is 71.3 Å². The first kappa shape index (κ1) is 24.0. The normalized spacial score (nSPS) is 13.8. The van der Waals surface area contributed by atoms with Gasteiger partial charge in [-0.1, -0.05) is 60.2 Å². The molecule has 0 radical (unpaired) electrons. The average molecular weight is 451 g/mol. The number of aliphatic carboxylic acids is 1. The summed E-state index contributed by atoms with van der Waals surface area (Å²) in [5.74, 6) is -1.60. The van der Waals surface area contributed by atoms with E-state index in [4.69, 9.17) is 4.74 Å². The largest absolute Gasteiger partial charge is 0.480 e. The van der Waals surface area contributed by atoms with Crippen molar-refractivity contribution >= 4 is 18.0 Å². The van der Waals surface area contributed by atoms with Crippen molar-refractivity contribution in [2.75, 3.05) is 6.61 Å². The molecule has 0 spiro atoms. The van der Waals surface area contributed by atoms with E-state index in [0.717, 1.165) is 27.8 Å². The molecule has 1 aliphatic carbocycles. The van der Waals surface area contributed by atoms with Crippen molar-refractivity contribution in [1.29, 1.82) is 0 Å². The first-order valence-corrected chi connectivity index (χ1v) is 11.0. The zero-order valence-electron chi connectivity index (χ0n) is 19.1. The quantitative estimate of drug-likeness (QED) is 0.496. The van der Waals surface area contributed by atoms with Crippen molar-refractivity contribution in [3.8, 4) is 11.1 Å². The Morgan fingerprint density at radius 3 is 2.12 bits per heavy atom. The number of fused-ring (bicyclic) bond motifs is 3. The van der Waals surface area contributed by atoms with E-state index in [9.17, 15) is 19.5 Å². The smallest absolute Gasteiger partial charge is 0.407 e. The monoisotopic (exact) mass is 450 g/mol. The zero-order chi connectivity index (χ0) is 24.0. The Labute approximate surface area is 193 Å². The summed E-state index contributed by atoms with van der Waals surface area (Å²) in [7, 11) is 0. The zero-order valence-corrected chi connectivity index (χ0v) is 19.1. The minimum absolute atomic E-state index is 0.0480. The molecule has 2 unspecified atom stereocenters. The number of nitrogens with one attached hydrogen (secondary N) is 2. The second-order valence-electron chi connectivity index (χ2n) is 8.55. The SMILES string of the molecule is CC(C)=CCC(NC(=O)CC(C)NC(=O)OCC1c2ccccc2-c2ccccc21)C(=O)O. The van der Waals surface area contributed by atoms with E-state index in [2.05, 4.69) is 22.8 Å². The van der Waals surface area contributed by atoms with E-state index in [1.807, 2.05) is 50.2 Å². The van der Waals surface area contributed by atoms with Gasteiger partial charge in [-0.25, -0.2) is 9.59 Å². The van der Waals surface area contributed by atoms with Gasteiger partial charge in [0.1, 0.15) is 12.6 Å². The first-order chi connectivity index (χ1) is 15.8. The maximum absolute atomic E-state index is 12.4. The lowest BCUT2D eigenvalue weighted by molar-refractivity contribution is -0.141. The van der Waals surface area contributed by atoms with E-state index in [0.29, 0.717) is 0 Å². The number of alkyl carbamates (subject to hydrolysis) is 1. The fourth-order valence-electron chi connectivity index (χ4n) is 4.00. The van der Waals surface area contributed by atoms with Gasteiger partial charge >= 0.3 is 12.1 Å². The Kier molecular flexibility index (Phi) is 7.87. The third-order valence-electron chi connectivity index (χ3n) is 5.59. The van der Waals surface area contributed by atoms with Crippen LogP contribution in [0.4, 0.5) is 4.79 Å². The summed E-state index contributed by atoms with van der Waals surface area (Å²) in [5.41, 5.74) is 5.51. The molecule has 0 aromatic heterocycles. The van der Waals surface area contributed by atoms with Gasteiger partial charge in [0.2, 0.25) is 5.91 Å². The molecule has 0 aliphatic heterocycles. The van der Waals surface area contributed by atoms with Crippen molar-refractivity contribution in [3.63, 3.8) is 0 Å². The molecule has 0 saturated heterocycles. The molecule has 0 saturated carbocycles. The van der Waals surface area contributed by atoms with Crippen LogP contribution < -0.4 is 10.6 Å². The Bertz CT molecular complexity index is 1010. The first-order valence-electron chi connectivity index (χ1n) is 11.0. The summed E-state index contributed by atoms with van der Waals surface area (Å²) in [6, 6.07) is 14.6. The number of hydrogen-bond donors (Lipinski definition) is 3. The van der Waals surface area contributed by atoms with Gasteiger partial charge in [-0.15, -0.1) is 0 Å². The molecule has 33 heavy (non-hydrogen) atoms. The predicted octanol–water partition coefficient (Wildman–Crippen LogP) is 4.23.